The quantitative estimate of drug-likeness (QED) is 0.295. The Morgan fingerprint density at radius 1 is 0.885 bits per heavy atom. The maximum absolute atomic E-state index is 10.8. The molecule has 26 heavy (non-hydrogen) atoms. The molecule has 0 aliphatic rings. The van der Waals surface area contributed by atoms with Crippen LogP contribution in [0.4, 0.5) is 0 Å². The van der Waals surface area contributed by atoms with Gasteiger partial charge in [-0.05, 0) is 44.0 Å². The van der Waals surface area contributed by atoms with Crippen LogP contribution in [0.5, 0.6) is 5.75 Å². The summed E-state index contributed by atoms with van der Waals surface area (Å²) in [5.41, 5.74) is 1.38. The molecule has 0 bridgehead atoms. The average Bonchev–Trinajstić information content (AvgIpc) is 2.62. The van der Waals surface area contributed by atoms with Gasteiger partial charge < -0.3 is 14.6 Å². The number of hydrogen-bond acceptors (Lipinski definition) is 3. The number of hydrogen-bond donors (Lipinski definition) is 1. The average molecular weight is 363 g/mol. The SMILES string of the molecule is C=C(C)COCCCCCCCCCCCOc1ccc(C(=O)O)cc1. The van der Waals surface area contributed by atoms with Crippen molar-refractivity contribution in [1.82, 2.24) is 0 Å². The minimum atomic E-state index is -0.910. The molecule has 0 aliphatic carbocycles. The minimum Gasteiger partial charge on any atom is -0.494 e. The molecule has 0 aliphatic heterocycles. The molecule has 146 valence electrons. The number of carboxylic acid groups (broad SMARTS) is 1. The number of unbranched alkanes of at least 4 members (excludes halogenated alkanes) is 8. The Labute approximate surface area is 158 Å². The highest BCUT2D eigenvalue weighted by molar-refractivity contribution is 5.87. The summed E-state index contributed by atoms with van der Waals surface area (Å²) < 4.78 is 11.1. The first-order valence-corrected chi connectivity index (χ1v) is 9.78. The number of rotatable bonds is 16. The molecule has 0 spiro atoms. The zero-order valence-corrected chi connectivity index (χ0v) is 16.2. The molecule has 4 nitrogen and oxygen atoms in total. The van der Waals surface area contributed by atoms with Gasteiger partial charge in [0.25, 0.3) is 0 Å². The second-order valence-corrected chi connectivity index (χ2v) is 6.87. The third-order valence-electron chi connectivity index (χ3n) is 4.15. The number of carboxylic acids is 1. The van der Waals surface area contributed by atoms with E-state index in [2.05, 4.69) is 6.58 Å². The van der Waals surface area contributed by atoms with Gasteiger partial charge in [0, 0.05) is 6.61 Å². The van der Waals surface area contributed by atoms with Crippen molar-refractivity contribution in [2.24, 2.45) is 0 Å². The highest BCUT2D eigenvalue weighted by atomic mass is 16.5. The van der Waals surface area contributed by atoms with E-state index in [1.54, 1.807) is 24.3 Å². The molecule has 1 rings (SSSR count). The van der Waals surface area contributed by atoms with E-state index >= 15 is 0 Å². The second-order valence-electron chi connectivity index (χ2n) is 6.87. The van der Waals surface area contributed by atoms with Crippen molar-refractivity contribution in [1.29, 1.82) is 0 Å². The topological polar surface area (TPSA) is 55.8 Å². The molecule has 1 aromatic rings. The fraction of sp³-hybridized carbons (Fsp3) is 0.591. The molecule has 0 saturated carbocycles. The van der Waals surface area contributed by atoms with E-state index in [0.29, 0.717) is 13.2 Å². The standard InChI is InChI=1S/C22H34O4/c1-19(2)18-25-16-10-8-6-4-3-5-7-9-11-17-26-21-14-12-20(13-15-21)22(23)24/h12-15H,1,3-11,16-18H2,2H3,(H,23,24). The van der Waals surface area contributed by atoms with Crippen LogP contribution in [0.2, 0.25) is 0 Å². The largest absolute Gasteiger partial charge is 0.494 e. The van der Waals surface area contributed by atoms with Crippen molar-refractivity contribution < 1.29 is 19.4 Å². The number of ether oxygens (including phenoxy) is 2. The van der Waals surface area contributed by atoms with Gasteiger partial charge in [-0.2, -0.15) is 0 Å². The Hall–Kier alpha value is -1.81. The predicted molar refractivity (Wildman–Crippen MR) is 106 cm³/mol. The van der Waals surface area contributed by atoms with E-state index in [-0.39, 0.29) is 5.56 Å². The first kappa shape index (κ1) is 22.2. The summed E-state index contributed by atoms with van der Waals surface area (Å²) in [6.45, 7) is 8.05. The van der Waals surface area contributed by atoms with Crippen LogP contribution in [-0.4, -0.2) is 30.9 Å². The van der Waals surface area contributed by atoms with Crippen LogP contribution in [0.25, 0.3) is 0 Å². The van der Waals surface area contributed by atoms with Gasteiger partial charge in [-0.1, -0.05) is 57.1 Å². The summed E-state index contributed by atoms with van der Waals surface area (Å²) in [7, 11) is 0. The molecule has 0 unspecified atom stereocenters. The summed E-state index contributed by atoms with van der Waals surface area (Å²) >= 11 is 0. The van der Waals surface area contributed by atoms with E-state index in [1.165, 1.54) is 44.9 Å². The molecule has 0 fully saturated rings. The Morgan fingerprint density at radius 2 is 1.38 bits per heavy atom. The first-order chi connectivity index (χ1) is 12.6. The Balaban J connectivity index is 1.85. The van der Waals surface area contributed by atoms with Crippen LogP contribution >= 0.6 is 0 Å². The fourth-order valence-corrected chi connectivity index (χ4v) is 2.67. The molecule has 1 N–H and O–H groups in total. The van der Waals surface area contributed by atoms with Gasteiger partial charge >= 0.3 is 5.97 Å². The molecule has 0 atom stereocenters. The summed E-state index contributed by atoms with van der Waals surface area (Å²) in [5, 5.41) is 8.84. The summed E-state index contributed by atoms with van der Waals surface area (Å²) in [6.07, 6.45) is 11.1. The number of benzene rings is 1. The van der Waals surface area contributed by atoms with Crippen molar-refractivity contribution in [3.63, 3.8) is 0 Å². The predicted octanol–water partition coefficient (Wildman–Crippen LogP) is 5.87. The fourth-order valence-electron chi connectivity index (χ4n) is 2.67. The van der Waals surface area contributed by atoms with Crippen LogP contribution in [0.3, 0.4) is 0 Å². The van der Waals surface area contributed by atoms with Gasteiger partial charge in [0.15, 0.2) is 0 Å². The third-order valence-corrected chi connectivity index (χ3v) is 4.15. The van der Waals surface area contributed by atoms with E-state index in [1.807, 2.05) is 6.92 Å². The minimum absolute atomic E-state index is 0.289. The zero-order chi connectivity index (χ0) is 19.0. The second kappa shape index (κ2) is 14.4. The number of aromatic carboxylic acids is 1. The van der Waals surface area contributed by atoms with Gasteiger partial charge in [0.05, 0.1) is 18.8 Å². The van der Waals surface area contributed by atoms with E-state index in [0.717, 1.165) is 30.8 Å². The van der Waals surface area contributed by atoms with Gasteiger partial charge in [0.2, 0.25) is 0 Å². The van der Waals surface area contributed by atoms with Crippen LogP contribution in [0.15, 0.2) is 36.4 Å². The van der Waals surface area contributed by atoms with Gasteiger partial charge in [-0.25, -0.2) is 4.79 Å². The molecular formula is C22H34O4. The molecule has 0 saturated heterocycles. The highest BCUT2D eigenvalue weighted by Gasteiger charge is 2.02. The summed E-state index contributed by atoms with van der Waals surface area (Å²) in [5.74, 6) is -0.171. The van der Waals surface area contributed by atoms with Crippen LogP contribution in [0, 0.1) is 0 Å². The molecule has 0 radical (unpaired) electrons. The molecule has 0 aromatic heterocycles. The Bertz CT molecular complexity index is 507. The lowest BCUT2D eigenvalue weighted by Gasteiger charge is -2.06. The lowest BCUT2D eigenvalue weighted by atomic mass is 10.1. The maximum Gasteiger partial charge on any atom is 0.335 e. The van der Waals surface area contributed by atoms with Crippen molar-refractivity contribution in [2.45, 2.75) is 64.7 Å². The Morgan fingerprint density at radius 3 is 1.88 bits per heavy atom. The maximum atomic E-state index is 10.8. The molecular weight excluding hydrogens is 328 g/mol. The van der Waals surface area contributed by atoms with Gasteiger partial charge in [-0.3, -0.25) is 0 Å². The van der Waals surface area contributed by atoms with Crippen LogP contribution in [-0.2, 0) is 4.74 Å². The van der Waals surface area contributed by atoms with Crippen LogP contribution in [0.1, 0.15) is 75.1 Å². The van der Waals surface area contributed by atoms with Crippen molar-refractivity contribution in [3.05, 3.63) is 42.0 Å². The van der Waals surface area contributed by atoms with Gasteiger partial charge in [-0.15, -0.1) is 0 Å². The zero-order valence-electron chi connectivity index (χ0n) is 16.2. The van der Waals surface area contributed by atoms with Crippen molar-refractivity contribution in [3.8, 4) is 5.75 Å². The molecule has 0 heterocycles. The normalized spacial score (nSPS) is 10.7. The van der Waals surface area contributed by atoms with Crippen LogP contribution < -0.4 is 4.74 Å². The van der Waals surface area contributed by atoms with E-state index in [9.17, 15) is 4.79 Å². The third kappa shape index (κ3) is 11.7. The monoisotopic (exact) mass is 362 g/mol. The van der Waals surface area contributed by atoms with E-state index < -0.39 is 5.97 Å². The van der Waals surface area contributed by atoms with Gasteiger partial charge in [0.1, 0.15) is 5.75 Å². The van der Waals surface area contributed by atoms with E-state index in [4.69, 9.17) is 14.6 Å². The first-order valence-electron chi connectivity index (χ1n) is 9.78. The molecule has 0 amide bonds. The molecule has 4 heteroatoms. The lowest BCUT2D eigenvalue weighted by molar-refractivity contribution is 0.0697. The summed E-state index contributed by atoms with van der Waals surface area (Å²) in [4.78, 5) is 10.8. The molecule has 1 aromatic carbocycles. The smallest absolute Gasteiger partial charge is 0.335 e. The summed E-state index contributed by atoms with van der Waals surface area (Å²) in [6, 6.07) is 6.58. The number of carbonyl (C=O) groups is 1. The Kier molecular flexibility index (Phi) is 12.3. The van der Waals surface area contributed by atoms with Crippen molar-refractivity contribution >= 4 is 5.97 Å². The highest BCUT2D eigenvalue weighted by Crippen LogP contribution is 2.14. The lowest BCUT2D eigenvalue weighted by Crippen LogP contribution is -1.99. The van der Waals surface area contributed by atoms with Crippen molar-refractivity contribution in [2.75, 3.05) is 19.8 Å².